The average molecular weight is 350 g/mol. The van der Waals surface area contributed by atoms with Gasteiger partial charge in [0.2, 0.25) is 0 Å². The Morgan fingerprint density at radius 2 is 2.12 bits per heavy atom. The Kier molecular flexibility index (Phi) is 4.95. The maximum Gasteiger partial charge on any atom is 0.251 e. The van der Waals surface area contributed by atoms with Crippen LogP contribution in [0.3, 0.4) is 0 Å². The molecule has 6 heteroatoms. The Bertz CT molecular complexity index is 872. The smallest absolute Gasteiger partial charge is 0.251 e. The first-order chi connectivity index (χ1) is 12.8. The van der Waals surface area contributed by atoms with Crippen LogP contribution < -0.4 is 5.32 Å². The molecule has 1 unspecified atom stereocenters. The Balaban J connectivity index is 1.49. The lowest BCUT2D eigenvalue weighted by atomic mass is 10.1. The summed E-state index contributed by atoms with van der Waals surface area (Å²) in [5.41, 5.74) is 2.59. The van der Waals surface area contributed by atoms with Crippen LogP contribution in [-0.4, -0.2) is 53.6 Å². The Labute approximate surface area is 152 Å². The average Bonchev–Trinajstić information content (AvgIpc) is 3.17. The summed E-state index contributed by atoms with van der Waals surface area (Å²) in [6.07, 6.45) is 3.67. The third-order valence-electron chi connectivity index (χ3n) is 4.79. The van der Waals surface area contributed by atoms with E-state index >= 15 is 0 Å². The monoisotopic (exact) mass is 350 g/mol. The zero-order valence-electron chi connectivity index (χ0n) is 14.5. The Morgan fingerprint density at radius 3 is 2.92 bits per heavy atom. The van der Waals surface area contributed by atoms with Crippen molar-refractivity contribution in [3.05, 3.63) is 66.1 Å². The zero-order valence-corrected chi connectivity index (χ0v) is 14.5. The number of fused-ring (bicyclic) bond motifs is 1. The number of hydrogen-bond acceptors (Lipinski definition) is 4. The number of hydrogen-bond donors (Lipinski definition) is 2. The van der Waals surface area contributed by atoms with E-state index in [1.54, 1.807) is 6.20 Å². The van der Waals surface area contributed by atoms with Crippen molar-refractivity contribution in [3.8, 4) is 0 Å². The molecule has 0 bridgehead atoms. The number of ether oxygens (including phenoxy) is 1. The number of aromatic nitrogens is 2. The maximum atomic E-state index is 12.6. The van der Waals surface area contributed by atoms with Gasteiger partial charge in [-0.05, 0) is 35.7 Å². The summed E-state index contributed by atoms with van der Waals surface area (Å²) < 4.78 is 5.46. The van der Waals surface area contributed by atoms with Gasteiger partial charge in [0.05, 0.1) is 24.9 Å². The third-order valence-corrected chi connectivity index (χ3v) is 4.79. The Morgan fingerprint density at radius 1 is 1.23 bits per heavy atom. The molecule has 1 aromatic carbocycles. The topological polar surface area (TPSA) is 70.2 Å². The van der Waals surface area contributed by atoms with E-state index in [0.717, 1.165) is 29.7 Å². The number of rotatable bonds is 5. The van der Waals surface area contributed by atoms with Crippen LogP contribution in [0.5, 0.6) is 0 Å². The number of nitrogens with one attached hydrogen (secondary N) is 2. The maximum absolute atomic E-state index is 12.6. The predicted molar refractivity (Wildman–Crippen MR) is 100 cm³/mol. The van der Waals surface area contributed by atoms with E-state index in [2.05, 4.69) is 20.2 Å². The second kappa shape index (κ2) is 7.68. The number of pyridine rings is 1. The molecule has 1 atom stereocenters. The molecule has 2 N–H and O–H groups in total. The molecule has 134 valence electrons. The first-order valence-electron chi connectivity index (χ1n) is 8.89. The zero-order chi connectivity index (χ0) is 17.8. The third kappa shape index (κ3) is 3.61. The van der Waals surface area contributed by atoms with E-state index in [9.17, 15) is 4.79 Å². The summed E-state index contributed by atoms with van der Waals surface area (Å²) in [5.74, 6) is -0.0734. The van der Waals surface area contributed by atoms with Gasteiger partial charge in [-0.3, -0.25) is 14.7 Å². The molecule has 0 aliphatic carbocycles. The van der Waals surface area contributed by atoms with E-state index < -0.39 is 0 Å². The number of carbonyl (C=O) groups is 1. The molecule has 0 spiro atoms. The van der Waals surface area contributed by atoms with Crippen LogP contribution in [0.1, 0.15) is 22.1 Å². The molecule has 4 rings (SSSR count). The minimum Gasteiger partial charge on any atom is -0.379 e. The first kappa shape index (κ1) is 16.8. The highest BCUT2D eigenvalue weighted by Gasteiger charge is 2.24. The number of nitrogens with zero attached hydrogens (tertiary/aromatic N) is 2. The quantitative estimate of drug-likeness (QED) is 0.741. The highest BCUT2D eigenvalue weighted by Crippen LogP contribution is 2.20. The van der Waals surface area contributed by atoms with Gasteiger partial charge in [-0.15, -0.1) is 0 Å². The standard InChI is InChI=1S/C20H22N4O2/c25-20(16-5-4-15-6-8-22-18(15)13-16)23-14-19(17-3-1-2-7-21-17)24-9-11-26-12-10-24/h1-8,13,19,22H,9-12,14H2,(H,23,25). The molecule has 1 fully saturated rings. The van der Waals surface area contributed by atoms with Crippen molar-refractivity contribution in [1.82, 2.24) is 20.2 Å². The largest absolute Gasteiger partial charge is 0.379 e. The lowest BCUT2D eigenvalue weighted by Gasteiger charge is -2.34. The Hall–Kier alpha value is -2.70. The van der Waals surface area contributed by atoms with E-state index in [1.807, 2.05) is 48.7 Å². The van der Waals surface area contributed by atoms with Gasteiger partial charge >= 0.3 is 0 Å². The highest BCUT2D eigenvalue weighted by molar-refractivity contribution is 5.97. The van der Waals surface area contributed by atoms with E-state index in [-0.39, 0.29) is 11.9 Å². The van der Waals surface area contributed by atoms with Crippen LogP contribution in [0.2, 0.25) is 0 Å². The second-order valence-electron chi connectivity index (χ2n) is 6.41. The lowest BCUT2D eigenvalue weighted by molar-refractivity contribution is 0.0154. The van der Waals surface area contributed by atoms with Crippen molar-refractivity contribution in [2.75, 3.05) is 32.8 Å². The molecule has 1 aliphatic heterocycles. The molecule has 1 amide bonds. The van der Waals surface area contributed by atoms with Crippen molar-refractivity contribution in [1.29, 1.82) is 0 Å². The van der Waals surface area contributed by atoms with Gasteiger partial charge in [0.15, 0.2) is 0 Å². The van der Waals surface area contributed by atoms with Gasteiger partial charge in [0.25, 0.3) is 5.91 Å². The molecule has 1 saturated heterocycles. The van der Waals surface area contributed by atoms with Gasteiger partial charge in [0.1, 0.15) is 0 Å². The molecule has 1 aliphatic rings. The fourth-order valence-corrected chi connectivity index (χ4v) is 3.36. The van der Waals surface area contributed by atoms with E-state index in [4.69, 9.17) is 4.74 Å². The number of amides is 1. The number of morpholine rings is 1. The van der Waals surface area contributed by atoms with Gasteiger partial charge in [-0.2, -0.15) is 0 Å². The fourth-order valence-electron chi connectivity index (χ4n) is 3.36. The SMILES string of the molecule is O=C(NCC(c1ccccn1)N1CCOCC1)c1ccc2cc[nH]c2c1. The first-order valence-corrected chi connectivity index (χ1v) is 8.89. The van der Waals surface area contributed by atoms with Crippen LogP contribution in [0.15, 0.2) is 54.9 Å². The summed E-state index contributed by atoms with van der Waals surface area (Å²) in [6, 6.07) is 13.6. The number of carbonyl (C=O) groups excluding carboxylic acids is 1. The van der Waals surface area contributed by atoms with Crippen LogP contribution in [0.4, 0.5) is 0 Å². The minimum atomic E-state index is -0.0734. The molecular formula is C20H22N4O2. The summed E-state index contributed by atoms with van der Waals surface area (Å²) in [6.45, 7) is 3.61. The molecule has 0 radical (unpaired) electrons. The fraction of sp³-hybridized carbons (Fsp3) is 0.300. The number of H-pyrrole nitrogens is 1. The minimum absolute atomic E-state index is 0.0401. The molecule has 0 saturated carbocycles. The summed E-state index contributed by atoms with van der Waals surface area (Å²) in [5, 5.41) is 4.17. The van der Waals surface area contributed by atoms with Gasteiger partial charge in [-0.1, -0.05) is 12.1 Å². The molecule has 3 heterocycles. The van der Waals surface area contributed by atoms with Crippen molar-refractivity contribution >= 4 is 16.8 Å². The molecule has 3 aromatic rings. The van der Waals surface area contributed by atoms with Crippen LogP contribution >= 0.6 is 0 Å². The van der Waals surface area contributed by atoms with E-state index in [0.29, 0.717) is 25.3 Å². The predicted octanol–water partition coefficient (Wildman–Crippen LogP) is 2.37. The summed E-state index contributed by atoms with van der Waals surface area (Å²) in [7, 11) is 0. The van der Waals surface area contributed by atoms with E-state index in [1.165, 1.54) is 0 Å². The summed E-state index contributed by atoms with van der Waals surface area (Å²) >= 11 is 0. The second-order valence-corrected chi connectivity index (χ2v) is 6.41. The van der Waals surface area contributed by atoms with Crippen LogP contribution in [0.25, 0.3) is 10.9 Å². The van der Waals surface area contributed by atoms with Gasteiger partial charge < -0.3 is 15.0 Å². The van der Waals surface area contributed by atoms with Crippen molar-refractivity contribution in [3.63, 3.8) is 0 Å². The molecule has 6 nitrogen and oxygen atoms in total. The summed E-state index contributed by atoms with van der Waals surface area (Å²) in [4.78, 5) is 22.6. The molecule has 26 heavy (non-hydrogen) atoms. The molecular weight excluding hydrogens is 328 g/mol. The number of benzene rings is 1. The molecule has 2 aromatic heterocycles. The van der Waals surface area contributed by atoms with Crippen molar-refractivity contribution in [2.45, 2.75) is 6.04 Å². The van der Waals surface area contributed by atoms with Crippen molar-refractivity contribution < 1.29 is 9.53 Å². The van der Waals surface area contributed by atoms with Crippen LogP contribution in [-0.2, 0) is 4.74 Å². The number of aromatic amines is 1. The normalized spacial score (nSPS) is 16.5. The van der Waals surface area contributed by atoms with Gasteiger partial charge in [-0.25, -0.2) is 0 Å². The van der Waals surface area contributed by atoms with Gasteiger partial charge in [0, 0.05) is 43.1 Å². The van der Waals surface area contributed by atoms with Crippen molar-refractivity contribution in [2.24, 2.45) is 0 Å². The highest BCUT2D eigenvalue weighted by atomic mass is 16.5. The lowest BCUT2D eigenvalue weighted by Crippen LogP contribution is -2.44. The van der Waals surface area contributed by atoms with Crippen LogP contribution in [0, 0.1) is 0 Å².